The smallest absolute Gasteiger partial charge is 0.159 e. The Bertz CT molecular complexity index is 634. The minimum Gasteiger partial charge on any atom is -0.378 e. The van der Waals surface area contributed by atoms with Gasteiger partial charge in [-0.2, -0.15) is 0 Å². The minimum absolute atomic E-state index is 0.604. The first-order chi connectivity index (χ1) is 10.1. The van der Waals surface area contributed by atoms with Crippen LogP contribution in [-0.4, -0.2) is 11.4 Å². The monoisotopic (exact) mass is 316 g/mol. The Labute approximate surface area is 135 Å². The summed E-state index contributed by atoms with van der Waals surface area (Å²) in [5, 5.41) is 0.604. The number of amidine groups is 1. The second-order valence-corrected chi connectivity index (χ2v) is 6.73. The third kappa shape index (κ3) is 4.83. The lowest BCUT2D eigenvalue weighted by Gasteiger charge is -2.04. The second kappa shape index (κ2) is 7.57. The molecule has 0 amide bonds. The van der Waals surface area contributed by atoms with Crippen LogP contribution in [0.2, 0.25) is 0 Å². The molecule has 0 bridgehead atoms. The number of rotatable bonds is 4. The highest BCUT2D eigenvalue weighted by Gasteiger charge is 2.00. The summed E-state index contributed by atoms with van der Waals surface area (Å²) in [5.74, 6) is 0.842. The van der Waals surface area contributed by atoms with Crippen molar-refractivity contribution in [1.82, 2.24) is 0 Å². The molecule has 2 rings (SSSR count). The van der Waals surface area contributed by atoms with E-state index < -0.39 is 0 Å². The van der Waals surface area contributed by atoms with Gasteiger partial charge in [-0.1, -0.05) is 30.0 Å². The molecule has 2 N–H and O–H groups in total. The maximum absolute atomic E-state index is 6.01. The van der Waals surface area contributed by atoms with Crippen molar-refractivity contribution >= 4 is 34.4 Å². The van der Waals surface area contributed by atoms with E-state index in [1.54, 1.807) is 23.5 Å². The van der Waals surface area contributed by atoms with E-state index in [0.717, 1.165) is 11.4 Å². The SMILES string of the molecule is CSc1ccc(CSC(N)=Nc2ccc(C)c(C)c2)cc1. The normalized spacial score (nSPS) is 11.7. The molecule has 0 atom stereocenters. The summed E-state index contributed by atoms with van der Waals surface area (Å²) >= 11 is 3.32. The lowest BCUT2D eigenvalue weighted by atomic mass is 10.1. The molecule has 0 aliphatic carbocycles. The molecule has 0 aliphatic rings. The Balaban J connectivity index is 1.98. The maximum atomic E-state index is 6.01. The molecule has 2 aromatic rings. The van der Waals surface area contributed by atoms with E-state index in [1.807, 2.05) is 6.07 Å². The molecule has 0 heterocycles. The summed E-state index contributed by atoms with van der Waals surface area (Å²) in [6.07, 6.45) is 2.08. The van der Waals surface area contributed by atoms with Crippen molar-refractivity contribution in [2.24, 2.45) is 10.7 Å². The van der Waals surface area contributed by atoms with Gasteiger partial charge in [0.2, 0.25) is 0 Å². The van der Waals surface area contributed by atoms with Gasteiger partial charge in [-0.3, -0.25) is 0 Å². The molecular weight excluding hydrogens is 296 g/mol. The molecule has 2 aromatic carbocycles. The summed E-state index contributed by atoms with van der Waals surface area (Å²) in [4.78, 5) is 5.74. The van der Waals surface area contributed by atoms with Gasteiger partial charge in [-0.15, -0.1) is 11.8 Å². The Morgan fingerprint density at radius 2 is 1.76 bits per heavy atom. The van der Waals surface area contributed by atoms with Gasteiger partial charge >= 0.3 is 0 Å². The van der Waals surface area contributed by atoms with E-state index in [-0.39, 0.29) is 0 Å². The van der Waals surface area contributed by atoms with Crippen LogP contribution >= 0.6 is 23.5 Å². The van der Waals surface area contributed by atoms with Gasteiger partial charge in [-0.05, 0) is 61.1 Å². The zero-order chi connectivity index (χ0) is 15.2. The Kier molecular flexibility index (Phi) is 5.76. The minimum atomic E-state index is 0.604. The summed E-state index contributed by atoms with van der Waals surface area (Å²) in [6, 6.07) is 14.7. The van der Waals surface area contributed by atoms with Crippen LogP contribution in [0, 0.1) is 13.8 Å². The highest BCUT2D eigenvalue weighted by atomic mass is 32.2. The molecule has 21 heavy (non-hydrogen) atoms. The molecule has 0 radical (unpaired) electrons. The van der Waals surface area contributed by atoms with E-state index in [9.17, 15) is 0 Å². The number of nitrogens with zero attached hydrogens (tertiary/aromatic N) is 1. The number of hydrogen-bond donors (Lipinski definition) is 1. The predicted molar refractivity (Wildman–Crippen MR) is 96.7 cm³/mol. The van der Waals surface area contributed by atoms with Crippen LogP contribution in [0.15, 0.2) is 52.4 Å². The Morgan fingerprint density at radius 1 is 1.05 bits per heavy atom. The number of hydrogen-bond acceptors (Lipinski definition) is 3. The van der Waals surface area contributed by atoms with Crippen molar-refractivity contribution in [3.05, 3.63) is 59.2 Å². The van der Waals surface area contributed by atoms with Crippen LogP contribution in [0.25, 0.3) is 0 Å². The Morgan fingerprint density at radius 3 is 2.38 bits per heavy atom. The quantitative estimate of drug-likeness (QED) is 0.495. The Hall–Kier alpha value is -1.39. The van der Waals surface area contributed by atoms with Crippen molar-refractivity contribution in [3.63, 3.8) is 0 Å². The van der Waals surface area contributed by atoms with Crippen LogP contribution in [0.4, 0.5) is 5.69 Å². The first kappa shape index (κ1) is 16.0. The predicted octanol–water partition coefficient (Wildman–Crippen LogP) is 4.90. The van der Waals surface area contributed by atoms with Gasteiger partial charge in [0.15, 0.2) is 5.17 Å². The average molecular weight is 316 g/mol. The van der Waals surface area contributed by atoms with Gasteiger partial charge in [0, 0.05) is 10.6 Å². The molecular formula is C17H20N2S2. The van der Waals surface area contributed by atoms with Crippen LogP contribution < -0.4 is 5.73 Å². The highest BCUT2D eigenvalue weighted by molar-refractivity contribution is 8.13. The second-order valence-electron chi connectivity index (χ2n) is 4.86. The van der Waals surface area contributed by atoms with E-state index in [2.05, 4.69) is 61.5 Å². The fourth-order valence-corrected chi connectivity index (χ4v) is 2.92. The summed E-state index contributed by atoms with van der Waals surface area (Å²) in [5.41, 5.74) is 10.7. The summed E-state index contributed by atoms with van der Waals surface area (Å²) in [6.45, 7) is 4.18. The number of aliphatic imine (C=N–C) groups is 1. The van der Waals surface area contributed by atoms with Crippen LogP contribution in [0.5, 0.6) is 0 Å². The largest absolute Gasteiger partial charge is 0.378 e. The number of aryl methyl sites for hydroxylation is 2. The van der Waals surface area contributed by atoms with Crippen LogP contribution in [-0.2, 0) is 5.75 Å². The first-order valence-corrected chi connectivity index (χ1v) is 8.96. The molecule has 0 spiro atoms. The topological polar surface area (TPSA) is 38.4 Å². The molecule has 0 aliphatic heterocycles. The molecule has 110 valence electrons. The number of benzene rings is 2. The van der Waals surface area contributed by atoms with E-state index in [4.69, 9.17) is 5.73 Å². The highest BCUT2D eigenvalue weighted by Crippen LogP contribution is 2.21. The number of nitrogens with two attached hydrogens (primary N) is 1. The first-order valence-electron chi connectivity index (χ1n) is 6.75. The lowest BCUT2D eigenvalue weighted by Crippen LogP contribution is -2.06. The molecule has 0 fully saturated rings. The third-order valence-electron chi connectivity index (χ3n) is 3.28. The summed E-state index contributed by atoms with van der Waals surface area (Å²) < 4.78 is 0. The van der Waals surface area contributed by atoms with E-state index in [0.29, 0.717) is 5.17 Å². The van der Waals surface area contributed by atoms with Gasteiger partial charge in [-0.25, -0.2) is 4.99 Å². The van der Waals surface area contributed by atoms with Crippen molar-refractivity contribution in [2.45, 2.75) is 24.5 Å². The van der Waals surface area contributed by atoms with Crippen LogP contribution in [0.1, 0.15) is 16.7 Å². The van der Waals surface area contributed by atoms with Gasteiger partial charge in [0.25, 0.3) is 0 Å². The summed E-state index contributed by atoms with van der Waals surface area (Å²) in [7, 11) is 0. The van der Waals surface area contributed by atoms with Crippen LogP contribution in [0.3, 0.4) is 0 Å². The number of thioether (sulfide) groups is 2. The standard InChI is InChI=1S/C17H20N2S2/c1-12-4-7-15(10-13(12)2)19-17(18)21-11-14-5-8-16(20-3)9-6-14/h4-10H,11H2,1-3H3,(H2,18,19). The molecule has 0 aromatic heterocycles. The third-order valence-corrected chi connectivity index (χ3v) is 4.88. The van der Waals surface area contributed by atoms with Crippen molar-refractivity contribution < 1.29 is 0 Å². The van der Waals surface area contributed by atoms with Gasteiger partial charge in [0.05, 0.1) is 5.69 Å². The van der Waals surface area contributed by atoms with Gasteiger partial charge in [0.1, 0.15) is 0 Å². The van der Waals surface area contributed by atoms with Gasteiger partial charge < -0.3 is 5.73 Å². The molecule has 0 unspecified atom stereocenters. The van der Waals surface area contributed by atoms with Crippen molar-refractivity contribution in [3.8, 4) is 0 Å². The molecule has 0 saturated carbocycles. The van der Waals surface area contributed by atoms with Crippen molar-refractivity contribution in [2.75, 3.05) is 6.26 Å². The zero-order valence-corrected chi connectivity index (χ0v) is 14.2. The lowest BCUT2D eigenvalue weighted by molar-refractivity contribution is 1.32. The zero-order valence-electron chi connectivity index (χ0n) is 12.6. The maximum Gasteiger partial charge on any atom is 0.159 e. The molecule has 2 nitrogen and oxygen atoms in total. The van der Waals surface area contributed by atoms with Crippen molar-refractivity contribution in [1.29, 1.82) is 0 Å². The molecule has 0 saturated heterocycles. The molecule has 4 heteroatoms. The fourth-order valence-electron chi connectivity index (χ4n) is 1.83. The fraction of sp³-hybridized carbons (Fsp3) is 0.235. The van der Waals surface area contributed by atoms with E-state index in [1.165, 1.54) is 21.6 Å². The average Bonchev–Trinajstić information content (AvgIpc) is 2.49. The van der Waals surface area contributed by atoms with E-state index >= 15 is 0 Å².